The van der Waals surface area contributed by atoms with Crippen molar-refractivity contribution in [2.24, 2.45) is 4.99 Å². The van der Waals surface area contributed by atoms with Crippen molar-refractivity contribution < 1.29 is 5.11 Å². The van der Waals surface area contributed by atoms with Gasteiger partial charge in [0, 0.05) is 11.3 Å². The summed E-state index contributed by atoms with van der Waals surface area (Å²) in [6, 6.07) is 13.7. The number of phenolic OH excluding ortho intramolecular Hbond substituents is 1. The van der Waals surface area contributed by atoms with Gasteiger partial charge in [-0.1, -0.05) is 24.3 Å². The van der Waals surface area contributed by atoms with E-state index in [1.54, 1.807) is 0 Å². The first-order chi connectivity index (χ1) is 8.58. The normalized spacial score (nSPS) is 11.6. The molecule has 2 rings (SSSR count). The highest BCUT2D eigenvalue weighted by molar-refractivity contribution is 6.02. The molecule has 2 heteroatoms. The van der Waals surface area contributed by atoms with E-state index >= 15 is 0 Å². The first-order valence-corrected chi connectivity index (χ1v) is 5.99. The fourth-order valence-corrected chi connectivity index (χ4v) is 1.99. The van der Waals surface area contributed by atoms with Crippen LogP contribution in [0.5, 0.6) is 5.75 Å². The average molecular weight is 239 g/mol. The Labute approximate surface area is 108 Å². The summed E-state index contributed by atoms with van der Waals surface area (Å²) in [5.74, 6) is 0.317. The van der Waals surface area contributed by atoms with Gasteiger partial charge in [-0.05, 0) is 50.1 Å². The van der Waals surface area contributed by atoms with Crippen LogP contribution in [0.2, 0.25) is 0 Å². The topological polar surface area (TPSA) is 32.6 Å². The van der Waals surface area contributed by atoms with Crippen LogP contribution in [-0.2, 0) is 0 Å². The predicted octanol–water partition coefficient (Wildman–Crippen LogP) is 4.15. The fourth-order valence-electron chi connectivity index (χ4n) is 1.99. The highest BCUT2D eigenvalue weighted by Gasteiger charge is 2.08. The first-order valence-electron chi connectivity index (χ1n) is 5.99. The maximum Gasteiger partial charge on any atom is 0.127 e. The van der Waals surface area contributed by atoms with Gasteiger partial charge < -0.3 is 5.11 Å². The van der Waals surface area contributed by atoms with Crippen LogP contribution >= 0.6 is 0 Å². The molecule has 0 saturated carbocycles. The fraction of sp³-hybridized carbons (Fsp3) is 0.188. The van der Waals surface area contributed by atoms with Crippen LogP contribution in [-0.4, -0.2) is 10.8 Å². The summed E-state index contributed by atoms with van der Waals surface area (Å²) in [7, 11) is 0. The number of benzene rings is 2. The third kappa shape index (κ3) is 2.59. The van der Waals surface area contributed by atoms with E-state index in [9.17, 15) is 5.11 Å². The highest BCUT2D eigenvalue weighted by Crippen LogP contribution is 2.25. The summed E-state index contributed by atoms with van der Waals surface area (Å²) in [5.41, 5.74) is 4.53. The molecule has 2 aromatic rings. The van der Waals surface area contributed by atoms with E-state index in [0.29, 0.717) is 5.75 Å². The van der Waals surface area contributed by atoms with Gasteiger partial charge in [-0.2, -0.15) is 0 Å². The maximum absolute atomic E-state index is 10.1. The van der Waals surface area contributed by atoms with Crippen molar-refractivity contribution >= 4 is 11.4 Å². The maximum atomic E-state index is 10.1. The SMILES string of the molecule is CC(=Nc1ccccc1)c1cc(C)cc(C)c1O. The summed E-state index contributed by atoms with van der Waals surface area (Å²) in [4.78, 5) is 4.53. The molecule has 0 atom stereocenters. The van der Waals surface area contributed by atoms with Crippen molar-refractivity contribution in [1.82, 2.24) is 0 Å². The lowest BCUT2D eigenvalue weighted by atomic mass is 10.0. The number of para-hydroxylation sites is 1. The molecule has 0 aromatic heterocycles. The van der Waals surface area contributed by atoms with Crippen molar-refractivity contribution in [3.8, 4) is 5.75 Å². The Morgan fingerprint density at radius 2 is 1.72 bits per heavy atom. The van der Waals surface area contributed by atoms with Crippen molar-refractivity contribution in [3.05, 3.63) is 59.2 Å². The Balaban J connectivity index is 2.46. The zero-order valence-corrected chi connectivity index (χ0v) is 10.9. The minimum atomic E-state index is 0.317. The molecule has 0 unspecified atom stereocenters. The molecule has 2 aromatic carbocycles. The van der Waals surface area contributed by atoms with Crippen LogP contribution in [0.4, 0.5) is 5.69 Å². The van der Waals surface area contributed by atoms with Crippen LogP contribution in [0.25, 0.3) is 0 Å². The molecule has 0 amide bonds. The quantitative estimate of drug-likeness (QED) is 0.784. The molecule has 0 aliphatic rings. The van der Waals surface area contributed by atoms with Crippen LogP contribution in [0, 0.1) is 13.8 Å². The lowest BCUT2D eigenvalue weighted by Gasteiger charge is -2.08. The van der Waals surface area contributed by atoms with E-state index in [1.807, 2.05) is 63.2 Å². The van der Waals surface area contributed by atoms with Gasteiger partial charge in [-0.15, -0.1) is 0 Å². The average Bonchev–Trinajstić information content (AvgIpc) is 2.35. The smallest absolute Gasteiger partial charge is 0.127 e. The van der Waals surface area contributed by atoms with E-state index in [-0.39, 0.29) is 0 Å². The standard InChI is InChI=1S/C16H17NO/c1-11-9-12(2)16(18)15(10-11)13(3)17-14-7-5-4-6-8-14/h4-10,18H,1-3H3. The molecule has 1 N–H and O–H groups in total. The Morgan fingerprint density at radius 3 is 2.39 bits per heavy atom. The molecule has 0 saturated heterocycles. The van der Waals surface area contributed by atoms with Gasteiger partial charge in [0.2, 0.25) is 0 Å². The molecule has 0 spiro atoms. The molecular formula is C16H17NO. The highest BCUT2D eigenvalue weighted by atomic mass is 16.3. The zero-order chi connectivity index (χ0) is 13.1. The van der Waals surface area contributed by atoms with E-state index in [1.165, 1.54) is 0 Å². The number of nitrogens with zero attached hydrogens (tertiary/aromatic N) is 1. The van der Waals surface area contributed by atoms with Crippen molar-refractivity contribution in [1.29, 1.82) is 0 Å². The second kappa shape index (κ2) is 5.05. The third-order valence-corrected chi connectivity index (χ3v) is 2.89. The van der Waals surface area contributed by atoms with Crippen molar-refractivity contribution in [2.75, 3.05) is 0 Å². The largest absolute Gasteiger partial charge is 0.507 e. The van der Waals surface area contributed by atoms with Gasteiger partial charge in [0.15, 0.2) is 0 Å². The molecule has 2 nitrogen and oxygen atoms in total. The third-order valence-electron chi connectivity index (χ3n) is 2.89. The van der Waals surface area contributed by atoms with Gasteiger partial charge >= 0.3 is 0 Å². The Morgan fingerprint density at radius 1 is 1.06 bits per heavy atom. The number of hydrogen-bond donors (Lipinski definition) is 1. The van der Waals surface area contributed by atoms with Gasteiger partial charge in [0.25, 0.3) is 0 Å². The molecule has 0 heterocycles. The monoisotopic (exact) mass is 239 g/mol. The summed E-state index contributed by atoms with van der Waals surface area (Å²) in [6.45, 7) is 5.84. The van der Waals surface area contributed by atoms with E-state index in [2.05, 4.69) is 4.99 Å². The lowest BCUT2D eigenvalue weighted by Crippen LogP contribution is -1.97. The van der Waals surface area contributed by atoms with Crippen molar-refractivity contribution in [3.63, 3.8) is 0 Å². The predicted molar refractivity (Wildman–Crippen MR) is 75.9 cm³/mol. The van der Waals surface area contributed by atoms with Crippen LogP contribution in [0.1, 0.15) is 23.6 Å². The van der Waals surface area contributed by atoms with Crippen LogP contribution in [0.15, 0.2) is 47.5 Å². The molecular weight excluding hydrogens is 222 g/mol. The number of rotatable bonds is 2. The zero-order valence-electron chi connectivity index (χ0n) is 10.9. The second-order valence-corrected chi connectivity index (χ2v) is 4.51. The molecule has 18 heavy (non-hydrogen) atoms. The van der Waals surface area contributed by atoms with Crippen LogP contribution in [0.3, 0.4) is 0 Å². The molecule has 0 bridgehead atoms. The van der Waals surface area contributed by atoms with E-state index in [0.717, 1.165) is 28.1 Å². The van der Waals surface area contributed by atoms with E-state index in [4.69, 9.17) is 0 Å². The first kappa shape index (κ1) is 12.4. The minimum absolute atomic E-state index is 0.317. The molecule has 0 radical (unpaired) electrons. The number of hydrogen-bond acceptors (Lipinski definition) is 2. The molecule has 0 fully saturated rings. The Kier molecular flexibility index (Phi) is 3.47. The van der Waals surface area contributed by atoms with Crippen molar-refractivity contribution in [2.45, 2.75) is 20.8 Å². The second-order valence-electron chi connectivity index (χ2n) is 4.51. The van der Waals surface area contributed by atoms with E-state index < -0.39 is 0 Å². The van der Waals surface area contributed by atoms with Gasteiger partial charge in [0.05, 0.1) is 5.69 Å². The molecule has 0 aliphatic heterocycles. The number of aryl methyl sites for hydroxylation is 2. The molecule has 92 valence electrons. The Hall–Kier alpha value is -2.09. The summed E-state index contributed by atoms with van der Waals surface area (Å²) >= 11 is 0. The summed E-state index contributed by atoms with van der Waals surface area (Å²) in [5, 5.41) is 10.1. The lowest BCUT2D eigenvalue weighted by molar-refractivity contribution is 0.470. The summed E-state index contributed by atoms with van der Waals surface area (Å²) in [6.07, 6.45) is 0. The van der Waals surface area contributed by atoms with Gasteiger partial charge in [-0.3, -0.25) is 4.99 Å². The van der Waals surface area contributed by atoms with Crippen LogP contribution < -0.4 is 0 Å². The number of phenols is 1. The molecule has 0 aliphatic carbocycles. The number of aliphatic imine (C=N–C) groups is 1. The van der Waals surface area contributed by atoms with Gasteiger partial charge in [-0.25, -0.2) is 0 Å². The number of aromatic hydroxyl groups is 1. The minimum Gasteiger partial charge on any atom is -0.507 e. The Bertz CT molecular complexity index is 586. The summed E-state index contributed by atoms with van der Waals surface area (Å²) < 4.78 is 0. The van der Waals surface area contributed by atoms with Gasteiger partial charge in [0.1, 0.15) is 5.75 Å².